The molecule has 1 aromatic heterocycles. The molecule has 1 amide bonds. The van der Waals surface area contributed by atoms with E-state index in [9.17, 15) is 9.59 Å². The fourth-order valence-corrected chi connectivity index (χ4v) is 3.74. The molecule has 1 atom stereocenters. The van der Waals surface area contributed by atoms with E-state index < -0.39 is 5.97 Å². The summed E-state index contributed by atoms with van der Waals surface area (Å²) in [4.78, 5) is 25.6. The van der Waals surface area contributed by atoms with Gasteiger partial charge >= 0.3 is 5.97 Å². The van der Waals surface area contributed by atoms with Gasteiger partial charge in [0.1, 0.15) is 5.00 Å². The lowest BCUT2D eigenvalue weighted by molar-refractivity contribution is -0.119. The first kappa shape index (κ1) is 19.4. The molecule has 1 aliphatic heterocycles. The minimum Gasteiger partial charge on any atom is -0.462 e. The number of benzene rings is 1. The first-order valence-corrected chi connectivity index (χ1v) is 8.88. The Morgan fingerprint density at radius 3 is 2.72 bits per heavy atom. The van der Waals surface area contributed by atoms with Crippen LogP contribution in [0.25, 0.3) is 10.4 Å². The minimum atomic E-state index is -0.407. The molecule has 0 spiro atoms. The van der Waals surface area contributed by atoms with Crippen LogP contribution in [-0.4, -0.2) is 31.6 Å². The zero-order chi connectivity index (χ0) is 16.9. The zero-order valence-electron chi connectivity index (χ0n) is 13.9. The third-order valence-corrected chi connectivity index (χ3v) is 5.05. The number of hydrogen-bond acceptors (Lipinski definition) is 5. The number of rotatable bonds is 5. The van der Waals surface area contributed by atoms with Crippen molar-refractivity contribution in [2.45, 2.75) is 13.3 Å². The summed E-state index contributed by atoms with van der Waals surface area (Å²) in [5, 5.41) is 6.66. The SMILES string of the molecule is CCOC(=O)c1cc(-c2ccccc2)sc1NC(=O)C1CCNC1.Cl. The summed E-state index contributed by atoms with van der Waals surface area (Å²) in [5.41, 5.74) is 1.43. The van der Waals surface area contributed by atoms with Crippen molar-refractivity contribution in [2.24, 2.45) is 5.92 Å². The van der Waals surface area contributed by atoms with Crippen molar-refractivity contribution < 1.29 is 14.3 Å². The molecular weight excluding hydrogens is 360 g/mol. The maximum absolute atomic E-state index is 12.4. The molecule has 134 valence electrons. The molecule has 1 unspecified atom stereocenters. The van der Waals surface area contributed by atoms with Gasteiger partial charge in [0.2, 0.25) is 5.91 Å². The molecule has 5 nitrogen and oxygen atoms in total. The minimum absolute atomic E-state index is 0. The summed E-state index contributed by atoms with van der Waals surface area (Å²) in [6, 6.07) is 11.6. The fourth-order valence-electron chi connectivity index (χ4n) is 2.68. The molecule has 0 bridgehead atoms. The second-order valence-electron chi connectivity index (χ2n) is 5.62. The maximum atomic E-state index is 12.4. The van der Waals surface area contributed by atoms with E-state index in [0.717, 1.165) is 23.4 Å². The Hall–Kier alpha value is -1.89. The predicted octanol–water partition coefficient (Wildman–Crippen LogP) is 3.56. The highest BCUT2D eigenvalue weighted by molar-refractivity contribution is 7.20. The van der Waals surface area contributed by atoms with Crippen LogP contribution in [0.15, 0.2) is 36.4 Å². The molecule has 7 heteroatoms. The van der Waals surface area contributed by atoms with Crippen LogP contribution >= 0.6 is 23.7 Å². The van der Waals surface area contributed by atoms with Crippen molar-refractivity contribution in [3.63, 3.8) is 0 Å². The van der Waals surface area contributed by atoms with E-state index in [-0.39, 0.29) is 24.2 Å². The Bertz CT molecular complexity index is 727. The number of ether oxygens (including phenoxy) is 1. The van der Waals surface area contributed by atoms with Crippen LogP contribution < -0.4 is 10.6 Å². The summed E-state index contributed by atoms with van der Waals surface area (Å²) >= 11 is 1.40. The van der Waals surface area contributed by atoms with E-state index >= 15 is 0 Å². The van der Waals surface area contributed by atoms with E-state index in [2.05, 4.69) is 10.6 Å². The van der Waals surface area contributed by atoms with Gasteiger partial charge in [0.05, 0.1) is 18.1 Å². The summed E-state index contributed by atoms with van der Waals surface area (Å²) in [6.45, 7) is 3.60. The number of amides is 1. The molecule has 1 aliphatic rings. The molecule has 2 heterocycles. The highest BCUT2D eigenvalue weighted by Crippen LogP contribution is 2.36. The highest BCUT2D eigenvalue weighted by Gasteiger charge is 2.25. The molecule has 1 fully saturated rings. The van der Waals surface area contributed by atoms with Crippen LogP contribution in [0.3, 0.4) is 0 Å². The molecular formula is C18H21ClN2O3S. The Kier molecular flexibility index (Phi) is 6.99. The molecule has 3 rings (SSSR count). The smallest absolute Gasteiger partial charge is 0.341 e. The van der Waals surface area contributed by atoms with Gasteiger partial charge in [-0.2, -0.15) is 0 Å². The quantitative estimate of drug-likeness (QED) is 0.778. The van der Waals surface area contributed by atoms with Crippen molar-refractivity contribution in [2.75, 3.05) is 25.0 Å². The molecule has 25 heavy (non-hydrogen) atoms. The Labute approximate surface area is 157 Å². The lowest BCUT2D eigenvalue weighted by Gasteiger charge is -2.09. The number of halogens is 1. The molecule has 1 aromatic carbocycles. The third-order valence-electron chi connectivity index (χ3n) is 3.95. The van der Waals surface area contributed by atoms with Gasteiger partial charge < -0.3 is 15.4 Å². The Morgan fingerprint density at radius 1 is 1.32 bits per heavy atom. The molecule has 0 aliphatic carbocycles. The average molecular weight is 381 g/mol. The van der Waals surface area contributed by atoms with Gasteiger partial charge in [-0.3, -0.25) is 4.79 Å². The monoisotopic (exact) mass is 380 g/mol. The predicted molar refractivity (Wildman–Crippen MR) is 103 cm³/mol. The van der Waals surface area contributed by atoms with Gasteiger partial charge in [-0.25, -0.2) is 4.79 Å². The number of thiophene rings is 1. The first-order chi connectivity index (χ1) is 11.7. The number of esters is 1. The van der Waals surface area contributed by atoms with E-state index in [1.807, 2.05) is 30.3 Å². The Balaban J connectivity index is 0.00000225. The van der Waals surface area contributed by atoms with Crippen LogP contribution in [0.1, 0.15) is 23.7 Å². The summed E-state index contributed by atoms with van der Waals surface area (Å²) < 4.78 is 5.13. The topological polar surface area (TPSA) is 67.4 Å². The van der Waals surface area contributed by atoms with E-state index in [0.29, 0.717) is 23.7 Å². The molecule has 0 saturated carbocycles. The van der Waals surface area contributed by atoms with Gasteiger partial charge in [0.25, 0.3) is 0 Å². The number of anilines is 1. The fraction of sp³-hybridized carbons (Fsp3) is 0.333. The Morgan fingerprint density at radius 2 is 2.08 bits per heavy atom. The largest absolute Gasteiger partial charge is 0.462 e. The summed E-state index contributed by atoms with van der Waals surface area (Å²) in [7, 11) is 0. The summed E-state index contributed by atoms with van der Waals surface area (Å²) in [6.07, 6.45) is 0.817. The van der Waals surface area contributed by atoms with E-state index in [4.69, 9.17) is 4.74 Å². The molecule has 2 aromatic rings. The van der Waals surface area contributed by atoms with Crippen molar-refractivity contribution >= 4 is 40.6 Å². The molecule has 2 N–H and O–H groups in total. The van der Waals surface area contributed by atoms with Crippen LogP contribution in [0, 0.1) is 5.92 Å². The standard InChI is InChI=1S/C18H20N2O3S.ClH/c1-2-23-18(22)14-10-15(12-6-4-3-5-7-12)24-17(14)20-16(21)13-8-9-19-11-13;/h3-7,10,13,19H,2,8-9,11H2,1H3,(H,20,21);1H. The normalized spacial score (nSPS) is 16.1. The van der Waals surface area contributed by atoms with Crippen molar-refractivity contribution in [3.8, 4) is 10.4 Å². The summed E-state index contributed by atoms with van der Waals surface area (Å²) in [5.74, 6) is -0.509. The highest BCUT2D eigenvalue weighted by atomic mass is 35.5. The number of nitrogens with one attached hydrogen (secondary N) is 2. The number of carbonyl (C=O) groups excluding carboxylic acids is 2. The average Bonchev–Trinajstić information content (AvgIpc) is 3.26. The third kappa shape index (κ3) is 4.60. The lowest BCUT2D eigenvalue weighted by atomic mass is 10.1. The van der Waals surface area contributed by atoms with Crippen LogP contribution in [0.4, 0.5) is 5.00 Å². The van der Waals surface area contributed by atoms with Gasteiger partial charge in [0, 0.05) is 11.4 Å². The zero-order valence-corrected chi connectivity index (χ0v) is 15.5. The van der Waals surface area contributed by atoms with Crippen LogP contribution in [0.2, 0.25) is 0 Å². The van der Waals surface area contributed by atoms with Gasteiger partial charge in [-0.05, 0) is 31.5 Å². The van der Waals surface area contributed by atoms with Crippen LogP contribution in [-0.2, 0) is 9.53 Å². The molecule has 1 saturated heterocycles. The first-order valence-electron chi connectivity index (χ1n) is 8.07. The van der Waals surface area contributed by atoms with Gasteiger partial charge in [0.15, 0.2) is 0 Å². The second-order valence-corrected chi connectivity index (χ2v) is 6.67. The van der Waals surface area contributed by atoms with Crippen molar-refractivity contribution in [1.82, 2.24) is 5.32 Å². The van der Waals surface area contributed by atoms with Gasteiger partial charge in [-0.15, -0.1) is 23.7 Å². The second kappa shape index (κ2) is 8.99. The molecule has 0 radical (unpaired) electrons. The lowest BCUT2D eigenvalue weighted by Crippen LogP contribution is -2.25. The van der Waals surface area contributed by atoms with Crippen molar-refractivity contribution in [3.05, 3.63) is 42.0 Å². The van der Waals surface area contributed by atoms with Crippen molar-refractivity contribution in [1.29, 1.82) is 0 Å². The number of carbonyl (C=O) groups is 2. The van der Waals surface area contributed by atoms with Crippen LogP contribution in [0.5, 0.6) is 0 Å². The number of hydrogen-bond donors (Lipinski definition) is 2. The maximum Gasteiger partial charge on any atom is 0.341 e. The van der Waals surface area contributed by atoms with E-state index in [1.54, 1.807) is 13.0 Å². The van der Waals surface area contributed by atoms with E-state index in [1.165, 1.54) is 11.3 Å². The van der Waals surface area contributed by atoms with Gasteiger partial charge in [-0.1, -0.05) is 30.3 Å².